The van der Waals surface area contributed by atoms with Gasteiger partial charge < -0.3 is 10.2 Å². The Balaban J connectivity index is 1.71. The average molecular weight is 533 g/mol. The lowest BCUT2D eigenvalue weighted by Gasteiger charge is -2.33. The maximum atomic E-state index is 14.4. The summed E-state index contributed by atoms with van der Waals surface area (Å²) in [5.41, 5.74) is 5.37. The molecule has 1 unspecified atom stereocenters. The van der Waals surface area contributed by atoms with Crippen molar-refractivity contribution in [3.63, 3.8) is 0 Å². The highest BCUT2D eigenvalue weighted by atomic mass is 16.2. The summed E-state index contributed by atoms with van der Waals surface area (Å²) in [6.07, 6.45) is 2.62. The van der Waals surface area contributed by atoms with Crippen LogP contribution in [0.15, 0.2) is 115 Å². The Morgan fingerprint density at radius 1 is 0.725 bits per heavy atom. The zero-order valence-electron chi connectivity index (χ0n) is 23.6. The lowest BCUT2D eigenvalue weighted by molar-refractivity contribution is -0.141. The summed E-state index contributed by atoms with van der Waals surface area (Å²) in [5, 5.41) is 3.12. The Kier molecular flexibility index (Phi) is 10.7. The van der Waals surface area contributed by atoms with Crippen LogP contribution in [0, 0.1) is 6.92 Å². The number of aryl methyl sites for hydroxylation is 1. The average Bonchev–Trinajstić information content (AvgIpc) is 3.00. The molecule has 0 aromatic heterocycles. The van der Waals surface area contributed by atoms with Crippen LogP contribution < -0.4 is 5.32 Å². The molecule has 0 aliphatic heterocycles. The highest BCUT2D eigenvalue weighted by Gasteiger charge is 2.32. The summed E-state index contributed by atoms with van der Waals surface area (Å²) in [6.45, 7) is 5.13. The van der Waals surface area contributed by atoms with Crippen molar-refractivity contribution < 1.29 is 9.59 Å². The Hall–Kier alpha value is -4.18. The van der Waals surface area contributed by atoms with Crippen molar-refractivity contribution >= 4 is 11.8 Å². The van der Waals surface area contributed by atoms with Gasteiger partial charge in [-0.3, -0.25) is 9.59 Å². The summed E-state index contributed by atoms with van der Waals surface area (Å²) in [6, 6.07) is 37.9. The van der Waals surface area contributed by atoms with Gasteiger partial charge in [0, 0.05) is 31.8 Å². The summed E-state index contributed by atoms with van der Waals surface area (Å²) in [7, 11) is 0. The molecule has 0 aliphatic rings. The van der Waals surface area contributed by atoms with Crippen LogP contribution in [-0.4, -0.2) is 29.3 Å². The second kappa shape index (κ2) is 14.8. The van der Waals surface area contributed by atoms with Gasteiger partial charge in [-0.15, -0.1) is 0 Å². The summed E-state index contributed by atoms with van der Waals surface area (Å²) in [4.78, 5) is 29.9. The van der Waals surface area contributed by atoms with E-state index < -0.39 is 6.04 Å². The molecule has 206 valence electrons. The SMILES string of the molecule is CCCCNC(=O)C(Cc1ccccc1)N(Cc1ccc(C)cc1)C(=O)CC(c1ccccc1)c1ccccc1. The van der Waals surface area contributed by atoms with Crippen LogP contribution in [0.1, 0.15) is 59.9 Å². The number of nitrogens with one attached hydrogen (secondary N) is 1. The summed E-state index contributed by atoms with van der Waals surface area (Å²) >= 11 is 0. The number of hydrogen-bond acceptors (Lipinski definition) is 2. The number of carbonyl (C=O) groups is 2. The number of nitrogens with zero attached hydrogens (tertiary/aromatic N) is 1. The van der Waals surface area contributed by atoms with Crippen LogP contribution >= 0.6 is 0 Å². The van der Waals surface area contributed by atoms with Gasteiger partial charge in [0.2, 0.25) is 11.8 Å². The first-order valence-electron chi connectivity index (χ1n) is 14.3. The molecule has 4 aromatic rings. The third-order valence-electron chi connectivity index (χ3n) is 7.36. The molecule has 2 amide bonds. The molecule has 0 saturated carbocycles. The molecule has 0 heterocycles. The first-order chi connectivity index (χ1) is 19.5. The molecule has 0 saturated heterocycles. The third-order valence-corrected chi connectivity index (χ3v) is 7.36. The first kappa shape index (κ1) is 28.8. The molecule has 4 aromatic carbocycles. The second-order valence-corrected chi connectivity index (χ2v) is 10.4. The normalized spacial score (nSPS) is 11.7. The fraction of sp³-hybridized carbons (Fsp3) is 0.278. The highest BCUT2D eigenvalue weighted by Crippen LogP contribution is 2.30. The van der Waals surface area contributed by atoms with E-state index >= 15 is 0 Å². The molecule has 1 atom stereocenters. The van der Waals surface area contributed by atoms with Gasteiger partial charge in [-0.1, -0.05) is 134 Å². The van der Waals surface area contributed by atoms with E-state index in [1.54, 1.807) is 4.90 Å². The van der Waals surface area contributed by atoms with E-state index in [0.29, 0.717) is 19.5 Å². The quantitative estimate of drug-likeness (QED) is 0.187. The molecule has 0 aliphatic carbocycles. The molecule has 4 rings (SSSR count). The number of carbonyl (C=O) groups excluding carboxylic acids is 2. The molecule has 1 N–H and O–H groups in total. The van der Waals surface area contributed by atoms with E-state index in [1.165, 1.54) is 0 Å². The lowest BCUT2D eigenvalue weighted by Crippen LogP contribution is -2.51. The number of benzene rings is 4. The van der Waals surface area contributed by atoms with Crippen molar-refractivity contribution in [2.75, 3.05) is 6.54 Å². The van der Waals surface area contributed by atoms with Gasteiger partial charge in [0.15, 0.2) is 0 Å². The van der Waals surface area contributed by atoms with Crippen LogP contribution in [0.3, 0.4) is 0 Å². The molecule has 40 heavy (non-hydrogen) atoms. The van der Waals surface area contributed by atoms with Gasteiger partial charge in [0.1, 0.15) is 6.04 Å². The van der Waals surface area contributed by atoms with E-state index in [-0.39, 0.29) is 24.2 Å². The van der Waals surface area contributed by atoms with Gasteiger partial charge >= 0.3 is 0 Å². The molecule has 0 fully saturated rings. The van der Waals surface area contributed by atoms with Crippen LogP contribution in [0.5, 0.6) is 0 Å². The zero-order valence-corrected chi connectivity index (χ0v) is 23.6. The Morgan fingerprint density at radius 2 is 1.27 bits per heavy atom. The van der Waals surface area contributed by atoms with Crippen molar-refractivity contribution in [2.24, 2.45) is 0 Å². The fourth-order valence-electron chi connectivity index (χ4n) is 5.04. The van der Waals surface area contributed by atoms with E-state index in [4.69, 9.17) is 0 Å². The summed E-state index contributed by atoms with van der Waals surface area (Å²) < 4.78 is 0. The predicted octanol–water partition coefficient (Wildman–Crippen LogP) is 7.07. The van der Waals surface area contributed by atoms with Gasteiger partial charge in [-0.2, -0.15) is 0 Å². The topological polar surface area (TPSA) is 49.4 Å². The molecule has 0 radical (unpaired) electrons. The minimum absolute atomic E-state index is 0.0372. The zero-order chi connectivity index (χ0) is 28.2. The van der Waals surface area contributed by atoms with Crippen LogP contribution in [0.4, 0.5) is 0 Å². The predicted molar refractivity (Wildman–Crippen MR) is 163 cm³/mol. The number of amides is 2. The van der Waals surface area contributed by atoms with Crippen LogP contribution in [-0.2, 0) is 22.6 Å². The standard InChI is InChI=1S/C36H40N2O2/c1-3-4-24-37-36(40)34(25-29-14-8-5-9-15-29)38(27-30-22-20-28(2)21-23-30)35(39)26-33(31-16-10-6-11-17-31)32-18-12-7-13-19-32/h5-23,33-34H,3-4,24-27H2,1-2H3,(H,37,40). The van der Waals surface area contributed by atoms with Crippen LogP contribution in [0.25, 0.3) is 0 Å². The van der Waals surface area contributed by atoms with E-state index in [9.17, 15) is 9.59 Å². The van der Waals surface area contributed by atoms with Crippen LogP contribution in [0.2, 0.25) is 0 Å². The van der Waals surface area contributed by atoms with Crippen molar-refractivity contribution in [1.82, 2.24) is 10.2 Å². The van der Waals surface area contributed by atoms with Crippen molar-refractivity contribution in [3.8, 4) is 0 Å². The largest absolute Gasteiger partial charge is 0.354 e. The molecular weight excluding hydrogens is 492 g/mol. The monoisotopic (exact) mass is 532 g/mol. The Bertz CT molecular complexity index is 1280. The molecular formula is C36H40N2O2. The fourth-order valence-corrected chi connectivity index (χ4v) is 5.04. The summed E-state index contributed by atoms with van der Waals surface area (Å²) in [5.74, 6) is -0.255. The number of rotatable bonds is 13. The minimum atomic E-state index is -0.625. The van der Waals surface area contributed by atoms with E-state index in [0.717, 1.165) is 40.7 Å². The lowest BCUT2D eigenvalue weighted by atomic mass is 9.87. The van der Waals surface area contributed by atoms with Gasteiger partial charge in [-0.05, 0) is 35.6 Å². The highest BCUT2D eigenvalue weighted by molar-refractivity contribution is 5.88. The Morgan fingerprint density at radius 3 is 1.82 bits per heavy atom. The van der Waals surface area contributed by atoms with Gasteiger partial charge in [0.25, 0.3) is 0 Å². The third kappa shape index (κ3) is 8.16. The smallest absolute Gasteiger partial charge is 0.243 e. The molecule has 4 nitrogen and oxygen atoms in total. The molecule has 0 spiro atoms. The van der Waals surface area contributed by atoms with Crippen molar-refractivity contribution in [2.45, 2.75) is 58.0 Å². The first-order valence-corrected chi connectivity index (χ1v) is 14.3. The second-order valence-electron chi connectivity index (χ2n) is 10.4. The Labute approximate surface area is 239 Å². The van der Waals surface area contributed by atoms with Crippen molar-refractivity contribution in [1.29, 1.82) is 0 Å². The van der Waals surface area contributed by atoms with E-state index in [2.05, 4.69) is 67.7 Å². The van der Waals surface area contributed by atoms with Gasteiger partial charge in [-0.25, -0.2) is 0 Å². The number of hydrogen-bond donors (Lipinski definition) is 1. The molecule has 4 heteroatoms. The number of unbranched alkanes of at least 4 members (excludes halogenated alkanes) is 1. The maximum Gasteiger partial charge on any atom is 0.243 e. The molecule has 0 bridgehead atoms. The van der Waals surface area contributed by atoms with E-state index in [1.807, 2.05) is 66.7 Å². The van der Waals surface area contributed by atoms with Crippen molar-refractivity contribution in [3.05, 3.63) is 143 Å². The minimum Gasteiger partial charge on any atom is -0.354 e. The van der Waals surface area contributed by atoms with Gasteiger partial charge in [0.05, 0.1) is 0 Å². The maximum absolute atomic E-state index is 14.4.